The first-order valence-corrected chi connectivity index (χ1v) is 7.84. The summed E-state index contributed by atoms with van der Waals surface area (Å²) in [5.74, 6) is 0.348. The maximum absolute atomic E-state index is 13.5. The average Bonchev–Trinajstić information content (AvgIpc) is 2.65. The highest BCUT2D eigenvalue weighted by Crippen LogP contribution is 2.36. The molecule has 0 saturated carbocycles. The van der Waals surface area contributed by atoms with Crippen LogP contribution in [0.3, 0.4) is 0 Å². The molecule has 0 aliphatic carbocycles. The topological polar surface area (TPSA) is 67.8 Å². The van der Waals surface area contributed by atoms with Crippen molar-refractivity contribution in [2.45, 2.75) is 6.18 Å². The fourth-order valence-electron chi connectivity index (χ4n) is 2.83. The number of methoxy groups -OCH3 is 2. The van der Waals surface area contributed by atoms with Crippen LogP contribution >= 0.6 is 0 Å². The Morgan fingerprint density at radius 2 is 1.81 bits per heavy atom. The Hall–Kier alpha value is -2.78. The molecule has 0 atom stereocenters. The number of piperazine rings is 1. The van der Waals surface area contributed by atoms with Gasteiger partial charge in [0.1, 0.15) is 5.82 Å². The zero-order valence-corrected chi connectivity index (χ0v) is 14.2. The SMILES string of the molecule is COC(=O)N1CCN(c2cc(C(F)(F)F)c3ccc(OC)nc3n2)CC1. The van der Waals surface area contributed by atoms with E-state index in [9.17, 15) is 18.0 Å². The third-order valence-corrected chi connectivity index (χ3v) is 4.18. The van der Waals surface area contributed by atoms with Gasteiger partial charge in [-0.3, -0.25) is 0 Å². The van der Waals surface area contributed by atoms with E-state index in [0.29, 0.717) is 26.2 Å². The van der Waals surface area contributed by atoms with Gasteiger partial charge < -0.3 is 19.3 Å². The summed E-state index contributed by atoms with van der Waals surface area (Å²) in [4.78, 5) is 23.0. The van der Waals surface area contributed by atoms with Crippen molar-refractivity contribution in [3.63, 3.8) is 0 Å². The largest absolute Gasteiger partial charge is 0.481 e. The molecule has 0 aromatic carbocycles. The highest BCUT2D eigenvalue weighted by Gasteiger charge is 2.35. The molecule has 0 unspecified atom stereocenters. The number of rotatable bonds is 2. The van der Waals surface area contributed by atoms with Crippen molar-refractivity contribution in [2.24, 2.45) is 0 Å². The summed E-state index contributed by atoms with van der Waals surface area (Å²) >= 11 is 0. The molecule has 0 bridgehead atoms. The van der Waals surface area contributed by atoms with E-state index in [-0.39, 0.29) is 22.7 Å². The number of nitrogens with zero attached hydrogens (tertiary/aromatic N) is 4. The molecule has 0 spiro atoms. The van der Waals surface area contributed by atoms with E-state index in [1.807, 2.05) is 0 Å². The Morgan fingerprint density at radius 3 is 2.38 bits per heavy atom. The molecule has 2 aromatic heterocycles. The molecule has 0 radical (unpaired) electrons. The first-order valence-electron chi connectivity index (χ1n) is 7.84. The van der Waals surface area contributed by atoms with Crippen LogP contribution in [0, 0.1) is 0 Å². The second-order valence-corrected chi connectivity index (χ2v) is 5.69. The molecule has 1 aliphatic rings. The number of anilines is 1. The van der Waals surface area contributed by atoms with Crippen molar-refractivity contribution in [2.75, 3.05) is 45.3 Å². The molecule has 7 nitrogen and oxygen atoms in total. The molecule has 140 valence electrons. The van der Waals surface area contributed by atoms with E-state index in [1.54, 1.807) is 4.90 Å². The standard InChI is InChI=1S/C16H17F3N4O3/c1-25-13-4-3-10-11(16(17,18)19)9-12(20-14(10)21-13)22-5-7-23(8-6-22)15(24)26-2/h3-4,9H,5-8H2,1-2H3. The zero-order chi connectivity index (χ0) is 18.9. The lowest BCUT2D eigenvalue weighted by Crippen LogP contribution is -2.49. The second-order valence-electron chi connectivity index (χ2n) is 5.69. The van der Waals surface area contributed by atoms with Crippen LogP contribution in [0.2, 0.25) is 0 Å². The summed E-state index contributed by atoms with van der Waals surface area (Å²) in [6.07, 6.45) is -5.00. The number of alkyl halides is 3. The third kappa shape index (κ3) is 3.44. The molecule has 1 aliphatic heterocycles. The van der Waals surface area contributed by atoms with Gasteiger partial charge in [0.15, 0.2) is 5.65 Å². The van der Waals surface area contributed by atoms with Crippen LogP contribution in [-0.2, 0) is 10.9 Å². The molecule has 3 rings (SSSR count). The summed E-state index contributed by atoms with van der Waals surface area (Å²) < 4.78 is 50.1. The van der Waals surface area contributed by atoms with Gasteiger partial charge >= 0.3 is 12.3 Å². The molecule has 2 aromatic rings. The average molecular weight is 370 g/mol. The second kappa shape index (κ2) is 6.85. The number of hydrogen-bond acceptors (Lipinski definition) is 6. The van der Waals surface area contributed by atoms with Crippen LogP contribution in [0.5, 0.6) is 5.88 Å². The van der Waals surface area contributed by atoms with Gasteiger partial charge in [-0.05, 0) is 12.1 Å². The van der Waals surface area contributed by atoms with Gasteiger partial charge in [0, 0.05) is 37.6 Å². The van der Waals surface area contributed by atoms with Gasteiger partial charge in [-0.15, -0.1) is 0 Å². The quantitative estimate of drug-likeness (QED) is 0.809. The lowest BCUT2D eigenvalue weighted by molar-refractivity contribution is -0.136. The van der Waals surface area contributed by atoms with E-state index in [4.69, 9.17) is 4.74 Å². The number of pyridine rings is 2. The van der Waals surface area contributed by atoms with Crippen molar-refractivity contribution < 1.29 is 27.4 Å². The van der Waals surface area contributed by atoms with E-state index >= 15 is 0 Å². The Balaban J connectivity index is 1.97. The lowest BCUT2D eigenvalue weighted by atomic mass is 10.1. The van der Waals surface area contributed by atoms with Crippen molar-refractivity contribution in [1.29, 1.82) is 0 Å². The Labute approximate surface area is 147 Å². The molecule has 26 heavy (non-hydrogen) atoms. The van der Waals surface area contributed by atoms with Crippen molar-refractivity contribution >= 4 is 22.9 Å². The van der Waals surface area contributed by atoms with Gasteiger partial charge in [0.2, 0.25) is 5.88 Å². The zero-order valence-electron chi connectivity index (χ0n) is 14.2. The van der Waals surface area contributed by atoms with Gasteiger partial charge in [-0.25, -0.2) is 9.78 Å². The minimum absolute atomic E-state index is 0.0374. The highest BCUT2D eigenvalue weighted by molar-refractivity contribution is 5.82. The summed E-state index contributed by atoms with van der Waals surface area (Å²) in [6, 6.07) is 3.69. The Morgan fingerprint density at radius 1 is 1.12 bits per heavy atom. The normalized spacial score (nSPS) is 15.3. The van der Waals surface area contributed by atoms with Gasteiger partial charge in [-0.1, -0.05) is 0 Å². The number of amides is 1. The summed E-state index contributed by atoms with van der Waals surface area (Å²) in [5, 5.41) is -0.0877. The fraction of sp³-hybridized carbons (Fsp3) is 0.438. The number of fused-ring (bicyclic) bond motifs is 1. The maximum Gasteiger partial charge on any atom is 0.417 e. The monoisotopic (exact) mass is 370 g/mol. The molecule has 1 fully saturated rings. The van der Waals surface area contributed by atoms with Gasteiger partial charge in [-0.2, -0.15) is 18.2 Å². The minimum atomic E-state index is -4.54. The third-order valence-electron chi connectivity index (χ3n) is 4.18. The first kappa shape index (κ1) is 18.0. The molecule has 1 saturated heterocycles. The van der Waals surface area contributed by atoms with Crippen molar-refractivity contribution in [3.8, 4) is 5.88 Å². The minimum Gasteiger partial charge on any atom is -0.481 e. The van der Waals surface area contributed by atoms with Gasteiger partial charge in [0.05, 0.1) is 19.8 Å². The summed E-state index contributed by atoms with van der Waals surface area (Å²) in [7, 11) is 2.67. The number of hydrogen-bond donors (Lipinski definition) is 0. The first-order chi connectivity index (χ1) is 12.3. The molecule has 0 N–H and O–H groups in total. The maximum atomic E-state index is 13.5. The summed E-state index contributed by atoms with van der Waals surface area (Å²) in [5.41, 5.74) is -0.840. The highest BCUT2D eigenvalue weighted by atomic mass is 19.4. The van der Waals surface area contributed by atoms with Crippen molar-refractivity contribution in [3.05, 3.63) is 23.8 Å². The van der Waals surface area contributed by atoms with E-state index in [0.717, 1.165) is 6.07 Å². The summed E-state index contributed by atoms with van der Waals surface area (Å²) in [6.45, 7) is 1.35. The number of carbonyl (C=O) groups is 1. The van der Waals surface area contributed by atoms with E-state index in [2.05, 4.69) is 14.7 Å². The van der Waals surface area contributed by atoms with Crippen LogP contribution in [0.1, 0.15) is 5.56 Å². The molecular formula is C16H17F3N4O3. The number of halogens is 3. The Kier molecular flexibility index (Phi) is 4.75. The predicted molar refractivity (Wildman–Crippen MR) is 87.3 cm³/mol. The Bertz CT molecular complexity index is 820. The molecule has 3 heterocycles. The van der Waals surface area contributed by atoms with E-state index < -0.39 is 17.8 Å². The molecule has 10 heteroatoms. The van der Waals surface area contributed by atoms with E-state index in [1.165, 1.54) is 31.3 Å². The fourth-order valence-corrected chi connectivity index (χ4v) is 2.83. The smallest absolute Gasteiger partial charge is 0.417 e. The van der Waals surface area contributed by atoms with Crippen LogP contribution in [0.25, 0.3) is 11.0 Å². The van der Waals surface area contributed by atoms with Crippen LogP contribution in [-0.4, -0.2) is 61.4 Å². The van der Waals surface area contributed by atoms with Crippen LogP contribution < -0.4 is 9.64 Å². The number of ether oxygens (including phenoxy) is 2. The molecule has 1 amide bonds. The molecular weight excluding hydrogens is 353 g/mol. The lowest BCUT2D eigenvalue weighted by Gasteiger charge is -2.34. The van der Waals surface area contributed by atoms with Crippen molar-refractivity contribution in [1.82, 2.24) is 14.9 Å². The van der Waals surface area contributed by atoms with Gasteiger partial charge in [0.25, 0.3) is 0 Å². The predicted octanol–water partition coefficient (Wildman–Crippen LogP) is 2.55. The van der Waals surface area contributed by atoms with Crippen LogP contribution in [0.4, 0.5) is 23.8 Å². The van der Waals surface area contributed by atoms with Crippen LogP contribution in [0.15, 0.2) is 18.2 Å². The number of aromatic nitrogens is 2. The number of carbonyl (C=O) groups excluding carboxylic acids is 1.